The van der Waals surface area contributed by atoms with Crippen molar-refractivity contribution in [1.82, 2.24) is 20.4 Å². The minimum atomic E-state index is -2.63. The fraction of sp³-hybridized carbons (Fsp3) is 0.667. The van der Waals surface area contributed by atoms with Gasteiger partial charge in [-0.05, 0) is 82.4 Å². The molecule has 1 aromatic carbocycles. The van der Waals surface area contributed by atoms with Crippen molar-refractivity contribution in [3.63, 3.8) is 0 Å². The summed E-state index contributed by atoms with van der Waals surface area (Å²) >= 11 is 0. The van der Waals surface area contributed by atoms with E-state index in [1.54, 1.807) is 20.0 Å². The van der Waals surface area contributed by atoms with Crippen molar-refractivity contribution >= 4 is 17.8 Å². The van der Waals surface area contributed by atoms with E-state index in [-0.39, 0.29) is 23.6 Å². The summed E-state index contributed by atoms with van der Waals surface area (Å²) in [6.07, 6.45) is 3.48. The summed E-state index contributed by atoms with van der Waals surface area (Å²) in [5.74, 6) is 0.0902. The van der Waals surface area contributed by atoms with Gasteiger partial charge in [0.25, 0.3) is 6.43 Å². The summed E-state index contributed by atoms with van der Waals surface area (Å²) in [4.78, 5) is 19.4. The number of aryl methyl sites for hydroxylation is 1. The number of alkyl halides is 2. The molecule has 39 heavy (non-hydrogen) atoms. The van der Waals surface area contributed by atoms with E-state index in [1.165, 1.54) is 17.5 Å². The van der Waals surface area contributed by atoms with Gasteiger partial charge in [-0.15, -0.1) is 0 Å². The Kier molecular flexibility index (Phi) is 8.02. The van der Waals surface area contributed by atoms with Crippen LogP contribution in [0.4, 0.5) is 14.5 Å². The van der Waals surface area contributed by atoms with Gasteiger partial charge in [0.2, 0.25) is 5.91 Å². The number of halogens is 2. The lowest BCUT2D eigenvalue weighted by atomic mass is 9.78. The number of carbonyl (C=O) groups is 1. The van der Waals surface area contributed by atoms with Gasteiger partial charge in [-0.3, -0.25) is 4.79 Å². The number of nitrogens with zero attached hydrogens (tertiary/aromatic N) is 3. The lowest BCUT2D eigenvalue weighted by Gasteiger charge is -2.44. The average molecular weight is 543 g/mol. The van der Waals surface area contributed by atoms with Crippen molar-refractivity contribution in [2.24, 2.45) is 0 Å². The van der Waals surface area contributed by atoms with E-state index in [0.717, 1.165) is 69.5 Å². The highest BCUT2D eigenvalue weighted by molar-refractivity contribution is 5.75. The summed E-state index contributed by atoms with van der Waals surface area (Å²) in [6.45, 7) is 10.4. The van der Waals surface area contributed by atoms with E-state index in [9.17, 15) is 13.6 Å². The van der Waals surface area contributed by atoms with Crippen LogP contribution in [0.25, 0.3) is 0 Å². The zero-order chi connectivity index (χ0) is 27.9. The molecule has 0 aromatic heterocycles. The van der Waals surface area contributed by atoms with Crippen LogP contribution in [0.15, 0.2) is 23.4 Å². The zero-order valence-corrected chi connectivity index (χ0v) is 23.8. The van der Waals surface area contributed by atoms with Gasteiger partial charge in [-0.25, -0.2) is 8.78 Å². The second kappa shape index (κ2) is 11.2. The molecule has 1 amide bonds. The smallest absolute Gasteiger partial charge is 0.264 e. The molecule has 4 heterocycles. The monoisotopic (exact) mass is 542 g/mol. The van der Waals surface area contributed by atoms with Crippen molar-refractivity contribution in [1.29, 1.82) is 5.41 Å². The molecule has 214 valence electrons. The summed E-state index contributed by atoms with van der Waals surface area (Å²) in [7, 11) is 1.79. The van der Waals surface area contributed by atoms with E-state index < -0.39 is 11.8 Å². The Morgan fingerprint density at radius 2 is 2.00 bits per heavy atom. The molecular weight excluding hydrogens is 498 g/mol. The molecule has 0 aliphatic carbocycles. The van der Waals surface area contributed by atoms with Gasteiger partial charge in [-0.1, -0.05) is 6.07 Å². The molecule has 0 bridgehead atoms. The number of likely N-dealkylation sites (N-methyl/N-ethyl adjacent to an activating group) is 1. The van der Waals surface area contributed by atoms with E-state index in [1.807, 2.05) is 17.9 Å². The fourth-order valence-electron chi connectivity index (χ4n) is 7.61. The predicted molar refractivity (Wildman–Crippen MR) is 152 cm³/mol. The number of rotatable bonds is 7. The molecule has 1 aromatic rings. The Morgan fingerprint density at radius 3 is 2.64 bits per heavy atom. The van der Waals surface area contributed by atoms with Crippen LogP contribution in [0.1, 0.15) is 69.6 Å². The largest absolute Gasteiger partial charge is 0.366 e. The standard InChI is InChI=1S/C30H44F2N6O/c1-19-28(24-16-36(20(2)39)13-9-26(24)38(19)22-7-10-35-11-8-22)37-12-5-6-21-14-25(30(3,17-33)18-34-4)23(29(31)32)15-27(21)37/h14-15,17,19,22,28-29,33-35H,5-13,16,18H2,1-4H3. The van der Waals surface area contributed by atoms with Crippen LogP contribution in [0.3, 0.4) is 0 Å². The highest BCUT2D eigenvalue weighted by Crippen LogP contribution is 2.45. The second-order valence-corrected chi connectivity index (χ2v) is 12.0. The van der Waals surface area contributed by atoms with Gasteiger partial charge in [0.15, 0.2) is 0 Å². The summed E-state index contributed by atoms with van der Waals surface area (Å²) < 4.78 is 29.2. The Balaban J connectivity index is 1.59. The van der Waals surface area contributed by atoms with Crippen LogP contribution < -0.4 is 15.5 Å². The summed E-state index contributed by atoms with van der Waals surface area (Å²) in [6, 6.07) is 4.37. The molecule has 0 saturated carbocycles. The first kappa shape index (κ1) is 28.0. The van der Waals surface area contributed by atoms with Gasteiger partial charge in [0.1, 0.15) is 0 Å². The number of anilines is 1. The maximum absolute atomic E-state index is 14.6. The molecule has 7 nitrogen and oxygen atoms in total. The molecule has 3 atom stereocenters. The number of amides is 1. The molecule has 3 N–H and O–H groups in total. The van der Waals surface area contributed by atoms with Crippen molar-refractivity contribution in [2.75, 3.05) is 51.2 Å². The maximum atomic E-state index is 14.6. The van der Waals surface area contributed by atoms with Crippen LogP contribution in [0.5, 0.6) is 0 Å². The molecule has 0 spiro atoms. The number of benzene rings is 1. The van der Waals surface area contributed by atoms with Crippen molar-refractivity contribution in [3.05, 3.63) is 40.1 Å². The van der Waals surface area contributed by atoms with Crippen molar-refractivity contribution in [3.8, 4) is 0 Å². The van der Waals surface area contributed by atoms with Gasteiger partial charge >= 0.3 is 0 Å². The topological polar surface area (TPSA) is 74.7 Å². The summed E-state index contributed by atoms with van der Waals surface area (Å²) in [5.41, 5.74) is 4.39. The maximum Gasteiger partial charge on any atom is 0.264 e. The molecule has 1 saturated heterocycles. The second-order valence-electron chi connectivity index (χ2n) is 12.0. The quantitative estimate of drug-likeness (QED) is 0.457. The van der Waals surface area contributed by atoms with E-state index in [4.69, 9.17) is 5.41 Å². The number of fused-ring (bicyclic) bond motifs is 1. The molecule has 4 aliphatic heterocycles. The first-order chi connectivity index (χ1) is 18.7. The van der Waals surface area contributed by atoms with Crippen molar-refractivity contribution in [2.45, 2.75) is 82.8 Å². The minimum Gasteiger partial charge on any atom is -0.366 e. The van der Waals surface area contributed by atoms with Crippen LogP contribution in [0.2, 0.25) is 0 Å². The first-order valence-electron chi connectivity index (χ1n) is 14.5. The summed E-state index contributed by atoms with van der Waals surface area (Å²) in [5, 5.41) is 14.7. The Labute approximate surface area is 231 Å². The molecule has 9 heteroatoms. The SMILES string of the molecule is CNCC(C)(C=N)c1cc2c(cc1C(F)F)N(C1C3=C(CCN(C(C)=O)C3)N(C3CCNCC3)C1C)CCC2. The van der Waals surface area contributed by atoms with Gasteiger partial charge in [0, 0.05) is 74.1 Å². The van der Waals surface area contributed by atoms with Crippen LogP contribution in [0, 0.1) is 5.41 Å². The Bertz CT molecular complexity index is 1130. The van der Waals surface area contributed by atoms with E-state index in [0.29, 0.717) is 24.7 Å². The molecule has 0 radical (unpaired) electrons. The lowest BCUT2D eigenvalue weighted by molar-refractivity contribution is -0.128. The average Bonchev–Trinajstić information content (AvgIpc) is 3.23. The van der Waals surface area contributed by atoms with Crippen LogP contribution in [-0.4, -0.2) is 86.4 Å². The van der Waals surface area contributed by atoms with Gasteiger partial charge in [-0.2, -0.15) is 0 Å². The van der Waals surface area contributed by atoms with Crippen molar-refractivity contribution < 1.29 is 13.6 Å². The van der Waals surface area contributed by atoms with Crippen LogP contribution >= 0.6 is 0 Å². The molecule has 1 fully saturated rings. The third-order valence-corrected chi connectivity index (χ3v) is 9.52. The van der Waals surface area contributed by atoms with Gasteiger partial charge < -0.3 is 30.7 Å². The van der Waals surface area contributed by atoms with E-state index in [2.05, 4.69) is 27.4 Å². The van der Waals surface area contributed by atoms with E-state index >= 15 is 0 Å². The normalized spacial score (nSPS) is 25.6. The molecule has 5 rings (SSSR count). The Morgan fingerprint density at radius 1 is 1.26 bits per heavy atom. The number of nitrogens with one attached hydrogen (secondary N) is 3. The zero-order valence-electron chi connectivity index (χ0n) is 23.8. The molecule has 4 aliphatic rings. The Hall–Kier alpha value is -2.52. The number of piperidine rings is 1. The fourth-order valence-corrected chi connectivity index (χ4v) is 7.61. The number of hydrogen-bond acceptors (Lipinski definition) is 6. The third kappa shape index (κ3) is 4.97. The number of carbonyl (C=O) groups excluding carboxylic acids is 1. The molecular formula is C30H44F2N6O. The highest BCUT2D eigenvalue weighted by Gasteiger charge is 2.47. The minimum absolute atomic E-state index is 0.0194. The lowest BCUT2D eigenvalue weighted by Crippen LogP contribution is -2.52. The predicted octanol–water partition coefficient (Wildman–Crippen LogP) is 3.83. The highest BCUT2D eigenvalue weighted by atomic mass is 19.3. The first-order valence-corrected chi connectivity index (χ1v) is 14.5. The molecule has 3 unspecified atom stereocenters. The van der Waals surface area contributed by atoms with Gasteiger partial charge in [0.05, 0.1) is 12.1 Å². The third-order valence-electron chi connectivity index (χ3n) is 9.52. The number of hydrogen-bond donors (Lipinski definition) is 3. The van der Waals surface area contributed by atoms with Crippen LogP contribution in [-0.2, 0) is 16.6 Å².